The first-order chi connectivity index (χ1) is 8.24. The van der Waals surface area contributed by atoms with Gasteiger partial charge < -0.3 is 9.64 Å². The Morgan fingerprint density at radius 3 is 2.76 bits per heavy atom. The van der Waals surface area contributed by atoms with Gasteiger partial charge in [0.2, 0.25) is 0 Å². The van der Waals surface area contributed by atoms with Crippen molar-refractivity contribution in [2.75, 3.05) is 18.1 Å². The maximum absolute atomic E-state index is 6.02. The normalized spacial score (nSPS) is 15.0. The van der Waals surface area contributed by atoms with Gasteiger partial charge in [-0.3, -0.25) is 0 Å². The number of nitrogens with zero attached hydrogens (tertiary/aromatic N) is 3. The molecule has 1 aliphatic carbocycles. The first-order valence-electron chi connectivity index (χ1n) is 6.12. The van der Waals surface area contributed by atoms with Gasteiger partial charge in [0.1, 0.15) is 17.6 Å². The van der Waals surface area contributed by atoms with Gasteiger partial charge in [0.15, 0.2) is 5.82 Å². The minimum absolute atomic E-state index is 0.423. The fourth-order valence-corrected chi connectivity index (χ4v) is 2.05. The van der Waals surface area contributed by atoms with E-state index in [1.54, 1.807) is 0 Å². The molecule has 0 aromatic carbocycles. The predicted molar refractivity (Wildman–Crippen MR) is 68.4 cm³/mol. The minimum Gasteiger partial charge on any atom is -0.374 e. The molecule has 0 aliphatic heterocycles. The first-order valence-corrected chi connectivity index (χ1v) is 6.50. The smallest absolute Gasteiger partial charge is 0.158 e. The van der Waals surface area contributed by atoms with Crippen LogP contribution in [0.15, 0.2) is 6.07 Å². The third-order valence-corrected chi connectivity index (χ3v) is 2.98. The number of rotatable bonds is 6. The molecule has 0 spiro atoms. The van der Waals surface area contributed by atoms with E-state index in [0.29, 0.717) is 30.2 Å². The highest BCUT2D eigenvalue weighted by atomic mass is 35.5. The number of hydrogen-bond donors (Lipinski definition) is 0. The van der Waals surface area contributed by atoms with Gasteiger partial charge in [0, 0.05) is 25.3 Å². The molecule has 17 heavy (non-hydrogen) atoms. The summed E-state index contributed by atoms with van der Waals surface area (Å²) in [7, 11) is 0. The van der Waals surface area contributed by atoms with Crippen LogP contribution >= 0.6 is 11.6 Å². The molecule has 5 heteroatoms. The van der Waals surface area contributed by atoms with Gasteiger partial charge >= 0.3 is 0 Å². The zero-order valence-electron chi connectivity index (χ0n) is 10.3. The van der Waals surface area contributed by atoms with Crippen LogP contribution in [0.2, 0.25) is 5.15 Å². The molecule has 1 aliphatic rings. The Morgan fingerprint density at radius 2 is 2.18 bits per heavy atom. The second-order valence-corrected chi connectivity index (χ2v) is 4.51. The molecule has 1 fully saturated rings. The van der Waals surface area contributed by atoms with Gasteiger partial charge in [-0.2, -0.15) is 0 Å². The highest BCUT2D eigenvalue weighted by Crippen LogP contribution is 2.31. The molecule has 0 unspecified atom stereocenters. The molecule has 0 N–H and O–H groups in total. The van der Waals surface area contributed by atoms with Crippen molar-refractivity contribution in [3.63, 3.8) is 0 Å². The predicted octanol–water partition coefficient (Wildman–Crippen LogP) is 2.66. The zero-order valence-corrected chi connectivity index (χ0v) is 11.1. The van der Waals surface area contributed by atoms with Crippen molar-refractivity contribution in [1.29, 1.82) is 0 Å². The number of anilines is 1. The average Bonchev–Trinajstić information content (AvgIpc) is 3.11. The summed E-state index contributed by atoms with van der Waals surface area (Å²) < 4.78 is 5.32. The summed E-state index contributed by atoms with van der Waals surface area (Å²) in [4.78, 5) is 11.0. The third kappa shape index (κ3) is 3.30. The summed E-state index contributed by atoms with van der Waals surface area (Å²) in [5.74, 6) is 1.58. The molecular formula is C12H18ClN3O. The fraction of sp³-hybridized carbons (Fsp3) is 0.667. The van der Waals surface area contributed by atoms with Crippen molar-refractivity contribution < 1.29 is 4.74 Å². The number of ether oxygens (including phenoxy) is 1. The molecule has 1 aromatic heterocycles. The molecule has 1 heterocycles. The van der Waals surface area contributed by atoms with E-state index in [1.165, 1.54) is 12.8 Å². The SMILES string of the molecule is CCOCc1nc(Cl)cc(N(CC)C2CC2)n1. The Labute approximate surface area is 107 Å². The molecule has 2 rings (SSSR count). The second-order valence-electron chi connectivity index (χ2n) is 4.12. The van der Waals surface area contributed by atoms with Crippen LogP contribution in [-0.4, -0.2) is 29.2 Å². The lowest BCUT2D eigenvalue weighted by Gasteiger charge is -2.21. The Bertz CT molecular complexity index is 382. The lowest BCUT2D eigenvalue weighted by atomic mass is 10.4. The molecule has 0 saturated heterocycles. The van der Waals surface area contributed by atoms with Crippen LogP contribution in [0.25, 0.3) is 0 Å². The Hall–Kier alpha value is -0.870. The van der Waals surface area contributed by atoms with Crippen LogP contribution in [0.3, 0.4) is 0 Å². The molecule has 0 atom stereocenters. The van der Waals surface area contributed by atoms with Crippen LogP contribution in [-0.2, 0) is 11.3 Å². The van der Waals surface area contributed by atoms with Crippen molar-refractivity contribution in [3.05, 3.63) is 17.0 Å². The molecule has 1 saturated carbocycles. The monoisotopic (exact) mass is 255 g/mol. The van der Waals surface area contributed by atoms with E-state index in [2.05, 4.69) is 21.8 Å². The minimum atomic E-state index is 0.423. The van der Waals surface area contributed by atoms with Gasteiger partial charge in [-0.05, 0) is 26.7 Å². The number of aromatic nitrogens is 2. The van der Waals surface area contributed by atoms with Crippen LogP contribution in [0.5, 0.6) is 0 Å². The van der Waals surface area contributed by atoms with Crippen molar-refractivity contribution in [3.8, 4) is 0 Å². The van der Waals surface area contributed by atoms with E-state index in [9.17, 15) is 0 Å². The highest BCUT2D eigenvalue weighted by Gasteiger charge is 2.29. The standard InChI is InChI=1S/C12H18ClN3O/c1-3-16(9-5-6-9)12-7-10(13)14-11(15-12)8-17-4-2/h7,9H,3-6,8H2,1-2H3. The summed E-state index contributed by atoms with van der Waals surface area (Å²) in [6.07, 6.45) is 2.49. The largest absolute Gasteiger partial charge is 0.374 e. The first kappa shape index (κ1) is 12.6. The summed E-state index contributed by atoms with van der Waals surface area (Å²) in [6, 6.07) is 2.46. The molecule has 4 nitrogen and oxygen atoms in total. The Balaban J connectivity index is 2.17. The van der Waals surface area contributed by atoms with Gasteiger partial charge in [-0.1, -0.05) is 11.6 Å². The maximum atomic E-state index is 6.02. The van der Waals surface area contributed by atoms with Gasteiger partial charge in [0.25, 0.3) is 0 Å². The van der Waals surface area contributed by atoms with Gasteiger partial charge in [-0.15, -0.1) is 0 Å². The van der Waals surface area contributed by atoms with E-state index in [4.69, 9.17) is 16.3 Å². The lowest BCUT2D eigenvalue weighted by molar-refractivity contribution is 0.128. The highest BCUT2D eigenvalue weighted by molar-refractivity contribution is 6.29. The maximum Gasteiger partial charge on any atom is 0.158 e. The second kappa shape index (κ2) is 5.65. The quantitative estimate of drug-likeness (QED) is 0.733. The summed E-state index contributed by atoms with van der Waals surface area (Å²) in [5, 5.41) is 0.490. The third-order valence-electron chi connectivity index (χ3n) is 2.79. The molecular weight excluding hydrogens is 238 g/mol. The van der Waals surface area contributed by atoms with Crippen LogP contribution < -0.4 is 4.90 Å². The van der Waals surface area contributed by atoms with Crippen molar-refractivity contribution >= 4 is 17.4 Å². The van der Waals surface area contributed by atoms with E-state index >= 15 is 0 Å². The number of halogens is 1. The Morgan fingerprint density at radius 1 is 1.41 bits per heavy atom. The number of hydrogen-bond acceptors (Lipinski definition) is 4. The lowest BCUT2D eigenvalue weighted by Crippen LogP contribution is -2.26. The zero-order chi connectivity index (χ0) is 12.3. The van der Waals surface area contributed by atoms with Crippen molar-refractivity contribution in [1.82, 2.24) is 9.97 Å². The summed E-state index contributed by atoms with van der Waals surface area (Å²) in [6.45, 7) is 6.12. The van der Waals surface area contributed by atoms with E-state index in [-0.39, 0.29) is 0 Å². The van der Waals surface area contributed by atoms with Crippen LogP contribution in [0.4, 0.5) is 5.82 Å². The molecule has 0 bridgehead atoms. The average molecular weight is 256 g/mol. The molecule has 1 aromatic rings. The van der Waals surface area contributed by atoms with Crippen LogP contribution in [0.1, 0.15) is 32.5 Å². The van der Waals surface area contributed by atoms with E-state index < -0.39 is 0 Å². The van der Waals surface area contributed by atoms with E-state index in [1.807, 2.05) is 13.0 Å². The topological polar surface area (TPSA) is 38.2 Å². The molecule has 0 amide bonds. The summed E-state index contributed by atoms with van der Waals surface area (Å²) in [5.41, 5.74) is 0. The van der Waals surface area contributed by atoms with Gasteiger partial charge in [0.05, 0.1) is 0 Å². The van der Waals surface area contributed by atoms with Crippen molar-refractivity contribution in [2.45, 2.75) is 39.3 Å². The summed E-state index contributed by atoms with van der Waals surface area (Å²) >= 11 is 6.02. The van der Waals surface area contributed by atoms with E-state index in [0.717, 1.165) is 12.4 Å². The molecule has 94 valence electrons. The molecule has 0 radical (unpaired) electrons. The van der Waals surface area contributed by atoms with Gasteiger partial charge in [-0.25, -0.2) is 9.97 Å². The fourth-order valence-electron chi connectivity index (χ4n) is 1.85. The van der Waals surface area contributed by atoms with Crippen molar-refractivity contribution in [2.24, 2.45) is 0 Å². The Kier molecular flexibility index (Phi) is 4.18. The van der Waals surface area contributed by atoms with Crippen LogP contribution in [0, 0.1) is 0 Å².